The summed E-state index contributed by atoms with van der Waals surface area (Å²) in [7, 11) is 0. The molecule has 0 saturated carbocycles. The highest BCUT2D eigenvalue weighted by Gasteiger charge is 2.34. The molecule has 2 fully saturated rings. The van der Waals surface area contributed by atoms with E-state index in [1.165, 1.54) is 25.9 Å². The zero-order valence-electron chi connectivity index (χ0n) is 10.7. The number of ether oxygens (including phenoxy) is 1. The lowest BCUT2D eigenvalue weighted by Gasteiger charge is -2.36. The molecule has 2 rings (SSSR count). The first-order valence-corrected chi connectivity index (χ1v) is 6.74. The van der Waals surface area contributed by atoms with Crippen LogP contribution >= 0.6 is 0 Å². The quantitative estimate of drug-likeness (QED) is 0.789. The SMILES string of the molecule is CC1CN(C(CN)C2CCCOC2)CC1C. The predicted octanol–water partition coefficient (Wildman–Crippen LogP) is 1.33. The average Bonchev–Trinajstić information content (AvgIpc) is 2.61. The Labute approximate surface area is 99.3 Å². The van der Waals surface area contributed by atoms with Gasteiger partial charge in [0.2, 0.25) is 0 Å². The van der Waals surface area contributed by atoms with Gasteiger partial charge in [0.1, 0.15) is 0 Å². The molecule has 2 aliphatic heterocycles. The number of likely N-dealkylation sites (tertiary alicyclic amines) is 1. The van der Waals surface area contributed by atoms with Crippen LogP contribution in [0, 0.1) is 17.8 Å². The predicted molar refractivity (Wildman–Crippen MR) is 66.3 cm³/mol. The Balaban J connectivity index is 1.93. The van der Waals surface area contributed by atoms with Crippen LogP contribution in [0.1, 0.15) is 26.7 Å². The van der Waals surface area contributed by atoms with Gasteiger partial charge in [0.05, 0.1) is 6.61 Å². The zero-order chi connectivity index (χ0) is 11.5. The molecule has 0 aromatic heterocycles. The molecule has 0 bridgehead atoms. The largest absolute Gasteiger partial charge is 0.381 e. The van der Waals surface area contributed by atoms with Crippen molar-refractivity contribution in [2.75, 3.05) is 32.8 Å². The summed E-state index contributed by atoms with van der Waals surface area (Å²) in [5.74, 6) is 2.30. The molecule has 2 N–H and O–H groups in total. The molecule has 2 aliphatic rings. The van der Waals surface area contributed by atoms with Crippen molar-refractivity contribution < 1.29 is 4.74 Å². The molecule has 0 spiro atoms. The van der Waals surface area contributed by atoms with Crippen molar-refractivity contribution in [2.45, 2.75) is 32.7 Å². The minimum atomic E-state index is 0.549. The zero-order valence-corrected chi connectivity index (χ0v) is 10.7. The summed E-state index contributed by atoms with van der Waals surface area (Å²) in [6.07, 6.45) is 2.50. The van der Waals surface area contributed by atoms with Crippen molar-refractivity contribution in [3.8, 4) is 0 Å². The van der Waals surface area contributed by atoms with Crippen molar-refractivity contribution in [1.29, 1.82) is 0 Å². The molecular weight excluding hydrogens is 200 g/mol. The fourth-order valence-electron chi connectivity index (χ4n) is 3.15. The van der Waals surface area contributed by atoms with Crippen molar-refractivity contribution in [3.05, 3.63) is 0 Å². The summed E-state index contributed by atoms with van der Waals surface area (Å²) in [5, 5.41) is 0. The molecule has 16 heavy (non-hydrogen) atoms. The highest BCUT2D eigenvalue weighted by Crippen LogP contribution is 2.28. The van der Waals surface area contributed by atoms with E-state index in [2.05, 4.69) is 18.7 Å². The first-order chi connectivity index (χ1) is 7.72. The maximum absolute atomic E-state index is 5.98. The van der Waals surface area contributed by atoms with E-state index in [1.54, 1.807) is 0 Å². The van der Waals surface area contributed by atoms with E-state index in [0.29, 0.717) is 12.0 Å². The number of nitrogens with two attached hydrogens (primary N) is 1. The van der Waals surface area contributed by atoms with Gasteiger partial charge in [0.15, 0.2) is 0 Å². The van der Waals surface area contributed by atoms with Crippen LogP contribution in [-0.2, 0) is 4.74 Å². The molecule has 94 valence electrons. The van der Waals surface area contributed by atoms with Crippen LogP contribution in [-0.4, -0.2) is 43.8 Å². The second-order valence-corrected chi connectivity index (χ2v) is 5.69. The van der Waals surface area contributed by atoms with Crippen molar-refractivity contribution >= 4 is 0 Å². The average molecular weight is 226 g/mol. The molecular formula is C13H26N2O. The van der Waals surface area contributed by atoms with Crippen LogP contribution in [0.15, 0.2) is 0 Å². The van der Waals surface area contributed by atoms with Crippen LogP contribution in [0.3, 0.4) is 0 Å². The number of hydrogen-bond donors (Lipinski definition) is 1. The Morgan fingerprint density at radius 1 is 1.31 bits per heavy atom. The maximum Gasteiger partial charge on any atom is 0.0509 e. The Hall–Kier alpha value is -0.120. The molecule has 3 nitrogen and oxygen atoms in total. The minimum absolute atomic E-state index is 0.549. The van der Waals surface area contributed by atoms with E-state index < -0.39 is 0 Å². The summed E-state index contributed by atoms with van der Waals surface area (Å²) in [4.78, 5) is 2.61. The second-order valence-electron chi connectivity index (χ2n) is 5.69. The molecule has 3 heteroatoms. The highest BCUT2D eigenvalue weighted by atomic mass is 16.5. The van der Waals surface area contributed by atoms with E-state index >= 15 is 0 Å². The van der Waals surface area contributed by atoms with E-state index in [0.717, 1.165) is 31.6 Å². The molecule has 0 radical (unpaired) electrons. The van der Waals surface area contributed by atoms with E-state index in [4.69, 9.17) is 10.5 Å². The van der Waals surface area contributed by atoms with Gasteiger partial charge in [-0.05, 0) is 30.6 Å². The van der Waals surface area contributed by atoms with Gasteiger partial charge >= 0.3 is 0 Å². The lowest BCUT2D eigenvalue weighted by Crippen LogP contribution is -2.47. The van der Waals surface area contributed by atoms with Crippen LogP contribution < -0.4 is 5.73 Å². The third-order valence-electron chi connectivity index (χ3n) is 4.47. The van der Waals surface area contributed by atoms with Gasteiger partial charge in [-0.25, -0.2) is 0 Å². The van der Waals surface area contributed by atoms with Crippen molar-refractivity contribution in [1.82, 2.24) is 4.90 Å². The molecule has 2 heterocycles. The Morgan fingerprint density at radius 3 is 2.50 bits per heavy atom. The Morgan fingerprint density at radius 2 is 2.00 bits per heavy atom. The number of nitrogens with zero attached hydrogens (tertiary/aromatic N) is 1. The van der Waals surface area contributed by atoms with E-state index in [-0.39, 0.29) is 0 Å². The third-order valence-corrected chi connectivity index (χ3v) is 4.47. The fraction of sp³-hybridized carbons (Fsp3) is 1.00. The van der Waals surface area contributed by atoms with Crippen LogP contribution in [0.4, 0.5) is 0 Å². The van der Waals surface area contributed by atoms with E-state index in [9.17, 15) is 0 Å². The standard InChI is InChI=1S/C13H26N2O/c1-10-7-15(8-11(10)2)13(6-14)12-4-3-5-16-9-12/h10-13H,3-9,14H2,1-2H3. The minimum Gasteiger partial charge on any atom is -0.381 e. The highest BCUT2D eigenvalue weighted by molar-refractivity contribution is 4.88. The number of hydrogen-bond acceptors (Lipinski definition) is 3. The maximum atomic E-state index is 5.98. The van der Waals surface area contributed by atoms with E-state index in [1.807, 2.05) is 0 Å². The lowest BCUT2D eigenvalue weighted by molar-refractivity contribution is 0.0156. The summed E-state index contributed by atoms with van der Waals surface area (Å²) in [6.45, 7) is 9.81. The third kappa shape index (κ3) is 2.58. The smallest absolute Gasteiger partial charge is 0.0509 e. The molecule has 0 aliphatic carbocycles. The molecule has 0 aromatic carbocycles. The summed E-state index contributed by atoms with van der Waals surface area (Å²) < 4.78 is 5.60. The Kier molecular flexibility index (Phi) is 4.22. The monoisotopic (exact) mass is 226 g/mol. The topological polar surface area (TPSA) is 38.5 Å². The Bertz CT molecular complexity index is 206. The van der Waals surface area contributed by atoms with Gasteiger partial charge in [-0.3, -0.25) is 4.90 Å². The van der Waals surface area contributed by atoms with Crippen LogP contribution in [0.25, 0.3) is 0 Å². The lowest BCUT2D eigenvalue weighted by atomic mass is 9.92. The first kappa shape index (κ1) is 12.3. The fourth-order valence-corrected chi connectivity index (χ4v) is 3.15. The van der Waals surface area contributed by atoms with Gasteiger partial charge in [0.25, 0.3) is 0 Å². The van der Waals surface area contributed by atoms with Gasteiger partial charge in [-0.1, -0.05) is 13.8 Å². The van der Waals surface area contributed by atoms with Gasteiger partial charge in [-0.2, -0.15) is 0 Å². The second kappa shape index (κ2) is 5.48. The first-order valence-electron chi connectivity index (χ1n) is 6.74. The van der Waals surface area contributed by atoms with Gasteiger partial charge < -0.3 is 10.5 Å². The van der Waals surface area contributed by atoms with Crippen LogP contribution in [0.2, 0.25) is 0 Å². The van der Waals surface area contributed by atoms with Gasteiger partial charge in [0, 0.05) is 32.3 Å². The van der Waals surface area contributed by atoms with Crippen molar-refractivity contribution in [3.63, 3.8) is 0 Å². The molecule has 0 aromatic rings. The van der Waals surface area contributed by atoms with Crippen LogP contribution in [0.5, 0.6) is 0 Å². The summed E-state index contributed by atoms with van der Waals surface area (Å²) >= 11 is 0. The van der Waals surface area contributed by atoms with Crippen molar-refractivity contribution in [2.24, 2.45) is 23.5 Å². The van der Waals surface area contributed by atoms with Gasteiger partial charge in [-0.15, -0.1) is 0 Å². The summed E-state index contributed by atoms with van der Waals surface area (Å²) in [5.41, 5.74) is 5.98. The molecule has 0 amide bonds. The number of rotatable bonds is 3. The molecule has 4 atom stereocenters. The normalized spacial score (nSPS) is 38.8. The molecule has 2 saturated heterocycles. The molecule has 4 unspecified atom stereocenters. The summed E-state index contributed by atoms with van der Waals surface area (Å²) in [6, 6.07) is 0.549.